The Bertz CT molecular complexity index is 3530. The van der Waals surface area contributed by atoms with Gasteiger partial charge < -0.3 is 9.47 Å². The van der Waals surface area contributed by atoms with Gasteiger partial charge in [-0.2, -0.15) is 0 Å². The first-order chi connectivity index (χ1) is 29.0. The van der Waals surface area contributed by atoms with Crippen molar-refractivity contribution < 1.29 is 0 Å². The first kappa shape index (κ1) is 32.7. The molecule has 0 fully saturated rings. The lowest BCUT2D eigenvalue weighted by Gasteiger charge is -2.45. The van der Waals surface area contributed by atoms with Gasteiger partial charge in [-0.15, -0.1) is 34.0 Å². The largest absolute Gasteiger partial charge is 0.308 e. The predicted molar refractivity (Wildman–Crippen MR) is 253 cm³/mol. The number of anilines is 3. The summed E-state index contributed by atoms with van der Waals surface area (Å²) in [5.74, 6) is 0. The Labute approximate surface area is 353 Å². The highest BCUT2D eigenvalue weighted by atomic mass is 32.1. The van der Waals surface area contributed by atoms with Gasteiger partial charge in [0.25, 0.3) is 0 Å². The van der Waals surface area contributed by atoms with Gasteiger partial charge in [0.2, 0.25) is 0 Å². The van der Waals surface area contributed by atoms with Crippen molar-refractivity contribution >= 4 is 93.1 Å². The molecule has 5 heteroatoms. The number of para-hydroxylation sites is 3. The molecule has 0 amide bonds. The number of benzene rings is 7. The molecule has 0 atom stereocenters. The van der Waals surface area contributed by atoms with Crippen molar-refractivity contribution in [3.63, 3.8) is 0 Å². The lowest BCUT2D eigenvalue weighted by atomic mass is 9.64. The zero-order valence-electron chi connectivity index (χ0n) is 32.3. The Kier molecular flexibility index (Phi) is 6.25. The summed E-state index contributed by atoms with van der Waals surface area (Å²) in [5, 5.41) is 9.76. The van der Waals surface area contributed by atoms with E-state index in [1.165, 1.54) is 119 Å². The fourth-order valence-corrected chi connectivity index (χ4v) is 14.8. The molecule has 0 saturated heterocycles. The molecule has 2 aliphatic carbocycles. The summed E-state index contributed by atoms with van der Waals surface area (Å²) >= 11 is 5.71. The summed E-state index contributed by atoms with van der Waals surface area (Å²) in [5.41, 5.74) is 17.9. The normalized spacial score (nSPS) is 15.2. The highest BCUT2D eigenvalue weighted by molar-refractivity contribution is 7.27. The van der Waals surface area contributed by atoms with Gasteiger partial charge in [-0.3, -0.25) is 0 Å². The van der Waals surface area contributed by atoms with Crippen LogP contribution in [0.15, 0.2) is 168 Å². The van der Waals surface area contributed by atoms with Crippen molar-refractivity contribution in [2.24, 2.45) is 0 Å². The highest BCUT2D eigenvalue weighted by Gasteiger charge is 2.54. The number of nitrogens with zero attached hydrogens (tertiary/aromatic N) is 2. The van der Waals surface area contributed by atoms with E-state index in [1.54, 1.807) is 0 Å². The minimum Gasteiger partial charge on any atom is -0.308 e. The average Bonchev–Trinajstić information content (AvgIpc) is 4.13. The van der Waals surface area contributed by atoms with Crippen molar-refractivity contribution in [2.45, 2.75) is 24.7 Å². The van der Waals surface area contributed by atoms with Gasteiger partial charge in [-0.25, -0.2) is 0 Å². The first-order valence-corrected chi connectivity index (χ1v) is 22.9. The molecule has 278 valence electrons. The number of thiophene rings is 3. The third-order valence-electron chi connectivity index (χ3n) is 13.8. The lowest BCUT2D eigenvalue weighted by molar-refractivity contribution is 0.658. The SMILES string of the molecule is CC1(C)c2ccccc2-c2cc3c(cc21)N(c1cccc2c1sc1c(-n4c5ccccc5c5ccccc54)cccc12)c1ccccc1C31c2ccsc2-c2sccc21. The molecular weight excluding hydrogens is 773 g/mol. The van der Waals surface area contributed by atoms with Crippen molar-refractivity contribution in [3.8, 4) is 26.6 Å². The molecule has 0 saturated carbocycles. The van der Waals surface area contributed by atoms with Crippen LogP contribution in [0.1, 0.15) is 47.2 Å². The Morgan fingerprint density at radius 2 is 0.966 bits per heavy atom. The van der Waals surface area contributed by atoms with E-state index in [4.69, 9.17) is 0 Å². The van der Waals surface area contributed by atoms with E-state index in [0.717, 1.165) is 0 Å². The number of hydrogen-bond donors (Lipinski definition) is 0. The maximum Gasteiger partial charge on any atom is 0.0771 e. The van der Waals surface area contributed by atoms with Crippen molar-refractivity contribution in [3.05, 3.63) is 202 Å². The van der Waals surface area contributed by atoms with Crippen LogP contribution in [0, 0.1) is 0 Å². The van der Waals surface area contributed by atoms with E-state index in [-0.39, 0.29) is 5.41 Å². The molecule has 5 heterocycles. The van der Waals surface area contributed by atoms with Gasteiger partial charge in [-0.05, 0) is 110 Å². The average molecular weight is 807 g/mol. The van der Waals surface area contributed by atoms with Crippen LogP contribution in [0.4, 0.5) is 17.1 Å². The monoisotopic (exact) mass is 806 g/mol. The molecule has 7 aromatic carbocycles. The molecule has 0 N–H and O–H groups in total. The van der Waals surface area contributed by atoms with Gasteiger partial charge in [0.1, 0.15) is 0 Å². The molecular formula is C54H34N2S3. The standard InChI is InChI=1S/C54H34N2S3/c1-53(2)37-18-6-3-13-31(37)36-29-42-48(30-41(36)53)56(45-22-10-7-19-38(45)54(42)39-25-27-57-51(39)52-40(54)26-28-58-52)47-24-12-17-35-34-16-11-23-46(49(34)59-50(35)47)55-43-20-8-4-14-32(43)33-15-5-9-21-44(33)55/h3-30H,1-2H3. The van der Waals surface area contributed by atoms with Crippen LogP contribution >= 0.6 is 34.0 Å². The molecule has 0 radical (unpaired) electrons. The molecule has 1 spiro atoms. The molecule has 0 unspecified atom stereocenters. The number of hydrogen-bond acceptors (Lipinski definition) is 4. The third-order valence-corrected chi connectivity index (χ3v) is 17.0. The van der Waals surface area contributed by atoms with Gasteiger partial charge in [0, 0.05) is 36.7 Å². The Balaban J connectivity index is 1.09. The van der Waals surface area contributed by atoms with E-state index < -0.39 is 5.41 Å². The van der Waals surface area contributed by atoms with Gasteiger partial charge in [0.15, 0.2) is 0 Å². The fourth-order valence-electron chi connectivity index (χ4n) is 11.4. The summed E-state index contributed by atoms with van der Waals surface area (Å²) in [7, 11) is 0. The van der Waals surface area contributed by atoms with Crippen LogP contribution in [0.2, 0.25) is 0 Å². The topological polar surface area (TPSA) is 8.17 Å². The molecule has 0 bridgehead atoms. The number of fused-ring (bicyclic) bond motifs is 18. The number of rotatable bonds is 2. The summed E-state index contributed by atoms with van der Waals surface area (Å²) in [6.07, 6.45) is 0. The molecule has 1 aliphatic heterocycles. The van der Waals surface area contributed by atoms with Gasteiger partial charge in [0.05, 0.1) is 48.6 Å². The van der Waals surface area contributed by atoms with Crippen molar-refractivity contribution in [1.82, 2.24) is 4.57 Å². The fraction of sp³-hybridized carbons (Fsp3) is 0.0741. The van der Waals surface area contributed by atoms with Gasteiger partial charge in [-0.1, -0.05) is 117 Å². The molecule has 3 aliphatic rings. The Morgan fingerprint density at radius 1 is 0.407 bits per heavy atom. The molecule has 4 aromatic heterocycles. The smallest absolute Gasteiger partial charge is 0.0771 e. The maximum atomic E-state index is 2.63. The summed E-state index contributed by atoms with van der Waals surface area (Å²) in [4.78, 5) is 5.45. The molecule has 59 heavy (non-hydrogen) atoms. The van der Waals surface area contributed by atoms with Gasteiger partial charge >= 0.3 is 0 Å². The van der Waals surface area contributed by atoms with Crippen LogP contribution in [-0.4, -0.2) is 4.57 Å². The van der Waals surface area contributed by atoms with Crippen LogP contribution in [0.3, 0.4) is 0 Å². The maximum absolute atomic E-state index is 2.63. The third kappa shape index (κ3) is 3.88. The summed E-state index contributed by atoms with van der Waals surface area (Å²) < 4.78 is 5.09. The van der Waals surface area contributed by atoms with E-state index >= 15 is 0 Å². The van der Waals surface area contributed by atoms with E-state index in [1.807, 2.05) is 34.0 Å². The minimum atomic E-state index is -0.429. The second kappa shape index (κ2) is 11.3. The zero-order valence-corrected chi connectivity index (χ0v) is 34.7. The van der Waals surface area contributed by atoms with E-state index in [9.17, 15) is 0 Å². The second-order valence-corrected chi connectivity index (χ2v) is 19.6. The van der Waals surface area contributed by atoms with Crippen LogP contribution < -0.4 is 4.90 Å². The second-order valence-electron chi connectivity index (χ2n) is 16.8. The highest BCUT2D eigenvalue weighted by Crippen LogP contribution is 2.67. The molecule has 2 nitrogen and oxygen atoms in total. The minimum absolute atomic E-state index is 0.144. The first-order valence-electron chi connectivity index (χ1n) is 20.3. The quantitative estimate of drug-likeness (QED) is 0.169. The number of aromatic nitrogens is 1. The summed E-state index contributed by atoms with van der Waals surface area (Å²) in [6.45, 7) is 4.82. The molecule has 14 rings (SSSR count). The summed E-state index contributed by atoms with van der Waals surface area (Å²) in [6, 6.07) is 59.9. The van der Waals surface area contributed by atoms with Crippen LogP contribution in [0.25, 0.3) is 68.5 Å². The Hall–Kier alpha value is -6.24. The zero-order chi connectivity index (χ0) is 38.8. The Morgan fingerprint density at radius 3 is 1.68 bits per heavy atom. The van der Waals surface area contributed by atoms with Crippen LogP contribution in [-0.2, 0) is 10.8 Å². The lowest BCUT2D eigenvalue weighted by Crippen LogP contribution is -2.36. The van der Waals surface area contributed by atoms with Crippen molar-refractivity contribution in [2.75, 3.05) is 4.90 Å². The molecule has 11 aromatic rings. The predicted octanol–water partition coefficient (Wildman–Crippen LogP) is 15.7. The van der Waals surface area contributed by atoms with Crippen molar-refractivity contribution in [1.29, 1.82) is 0 Å². The van der Waals surface area contributed by atoms with E-state index in [2.05, 4.69) is 192 Å². The van der Waals surface area contributed by atoms with E-state index in [0.29, 0.717) is 0 Å². The van der Waals surface area contributed by atoms with Crippen LogP contribution in [0.5, 0.6) is 0 Å².